The lowest BCUT2D eigenvalue weighted by atomic mass is 10.4. The third-order valence-electron chi connectivity index (χ3n) is 2.80. The van der Waals surface area contributed by atoms with E-state index in [-0.39, 0.29) is 5.82 Å². The predicted molar refractivity (Wildman–Crippen MR) is 102 cm³/mol. The van der Waals surface area contributed by atoms with E-state index >= 15 is 0 Å². The van der Waals surface area contributed by atoms with Crippen LogP contribution < -0.4 is 21.7 Å². The monoisotopic (exact) mass is 404 g/mol. The highest BCUT2D eigenvalue weighted by atomic mass is 35.5. The quantitative estimate of drug-likeness (QED) is 0.481. The van der Waals surface area contributed by atoms with Gasteiger partial charge < -0.3 is 16.4 Å². The van der Waals surface area contributed by atoms with Gasteiger partial charge in [-0.05, 0) is 13.8 Å². The molecule has 0 bridgehead atoms. The van der Waals surface area contributed by atoms with Gasteiger partial charge in [-0.2, -0.15) is 9.78 Å². The largest absolute Gasteiger partial charge is 0.382 e. The molecule has 0 aliphatic carbocycles. The van der Waals surface area contributed by atoms with Crippen molar-refractivity contribution in [1.29, 1.82) is 0 Å². The molecule has 10 nitrogen and oxygen atoms in total. The molecular weight excluding hydrogens is 383 g/mol. The van der Waals surface area contributed by atoms with Gasteiger partial charge in [0.15, 0.2) is 5.82 Å². The van der Waals surface area contributed by atoms with Crippen molar-refractivity contribution in [3.8, 4) is 0 Å². The first kappa shape index (κ1) is 21.6. The zero-order chi connectivity index (χ0) is 19.5. The van der Waals surface area contributed by atoms with Crippen molar-refractivity contribution in [3.63, 3.8) is 0 Å². The number of rotatable bonds is 5. The van der Waals surface area contributed by atoms with E-state index in [0.29, 0.717) is 36.4 Å². The summed E-state index contributed by atoms with van der Waals surface area (Å²) in [6.07, 6.45) is 0. The summed E-state index contributed by atoms with van der Waals surface area (Å²) in [5, 5.41) is 17.9. The van der Waals surface area contributed by atoms with Gasteiger partial charge in [-0.1, -0.05) is 0 Å². The van der Waals surface area contributed by atoms with E-state index in [1.165, 1.54) is 0 Å². The summed E-state index contributed by atoms with van der Waals surface area (Å²) in [6.45, 7) is 4.31. The first-order valence-corrected chi connectivity index (χ1v) is 8.73. The lowest BCUT2D eigenvalue weighted by Crippen LogP contribution is -2.32. The molecule has 0 fully saturated rings. The van der Waals surface area contributed by atoms with Crippen LogP contribution in [0.2, 0.25) is 0 Å². The van der Waals surface area contributed by atoms with Crippen molar-refractivity contribution < 1.29 is 9.59 Å². The molecule has 12 heteroatoms. The molecule has 26 heavy (non-hydrogen) atoms. The Hall–Kier alpha value is -2.46. The SMILES string of the molecule is Cc1cc(N)n[nH]1.Cc1cc(NC(=O)NCCCl)nn1C(=O)NCCCl. The number of nitrogens with one attached hydrogen (secondary N) is 4. The fraction of sp³-hybridized carbons (Fsp3) is 0.429. The Bertz CT molecular complexity index is 699. The first-order valence-electron chi connectivity index (χ1n) is 7.66. The molecular formula is C14H22Cl2N8O2. The highest BCUT2D eigenvalue weighted by Crippen LogP contribution is 2.07. The minimum atomic E-state index is -0.425. The molecule has 0 aliphatic rings. The number of urea groups is 1. The van der Waals surface area contributed by atoms with Crippen LogP contribution in [0.1, 0.15) is 11.4 Å². The number of carbonyl (C=O) groups excluding carboxylic acids is 2. The maximum Gasteiger partial charge on any atom is 0.342 e. The Morgan fingerprint density at radius 3 is 2.35 bits per heavy atom. The van der Waals surface area contributed by atoms with Gasteiger partial charge in [-0.25, -0.2) is 9.59 Å². The van der Waals surface area contributed by atoms with Crippen LogP contribution in [0.5, 0.6) is 0 Å². The number of amides is 3. The Morgan fingerprint density at radius 1 is 1.19 bits per heavy atom. The minimum absolute atomic E-state index is 0.283. The van der Waals surface area contributed by atoms with Crippen molar-refractivity contribution in [2.24, 2.45) is 0 Å². The number of aromatic amines is 1. The van der Waals surface area contributed by atoms with Gasteiger partial charge in [0.1, 0.15) is 5.82 Å². The number of carbonyl (C=O) groups is 2. The number of halogens is 2. The molecule has 0 aliphatic heterocycles. The molecule has 0 spiro atoms. The van der Waals surface area contributed by atoms with E-state index in [1.807, 2.05) is 6.92 Å². The van der Waals surface area contributed by atoms with Crippen LogP contribution in [-0.4, -0.2) is 56.9 Å². The minimum Gasteiger partial charge on any atom is -0.382 e. The molecule has 2 heterocycles. The fourth-order valence-corrected chi connectivity index (χ4v) is 1.92. The molecule has 2 rings (SSSR count). The Labute approximate surface area is 160 Å². The van der Waals surface area contributed by atoms with Gasteiger partial charge in [0.25, 0.3) is 0 Å². The number of alkyl halides is 2. The predicted octanol–water partition coefficient (Wildman–Crippen LogP) is 1.65. The number of H-pyrrole nitrogens is 1. The molecule has 0 saturated heterocycles. The smallest absolute Gasteiger partial charge is 0.342 e. The number of nitrogens with two attached hydrogens (primary N) is 1. The van der Waals surface area contributed by atoms with Crippen LogP contribution in [0.25, 0.3) is 0 Å². The highest BCUT2D eigenvalue weighted by Gasteiger charge is 2.12. The van der Waals surface area contributed by atoms with E-state index in [1.54, 1.807) is 19.1 Å². The van der Waals surface area contributed by atoms with Crippen LogP contribution in [0, 0.1) is 13.8 Å². The average molecular weight is 405 g/mol. The van der Waals surface area contributed by atoms with Gasteiger partial charge in [0, 0.05) is 48.4 Å². The number of hydrogen-bond acceptors (Lipinski definition) is 5. The summed E-state index contributed by atoms with van der Waals surface area (Å²) in [5.41, 5.74) is 6.83. The molecule has 144 valence electrons. The van der Waals surface area contributed by atoms with Crippen molar-refractivity contribution in [3.05, 3.63) is 23.5 Å². The Morgan fingerprint density at radius 2 is 1.85 bits per heavy atom. The van der Waals surface area contributed by atoms with Crippen molar-refractivity contribution in [2.75, 3.05) is 35.9 Å². The zero-order valence-corrected chi connectivity index (χ0v) is 16.0. The van der Waals surface area contributed by atoms with E-state index < -0.39 is 12.1 Å². The van der Waals surface area contributed by atoms with Crippen molar-refractivity contribution in [1.82, 2.24) is 30.6 Å². The molecule has 6 N–H and O–H groups in total. The van der Waals surface area contributed by atoms with Gasteiger partial charge >= 0.3 is 12.1 Å². The molecule has 0 radical (unpaired) electrons. The number of anilines is 2. The van der Waals surface area contributed by atoms with Gasteiger partial charge in [-0.15, -0.1) is 28.3 Å². The summed E-state index contributed by atoms with van der Waals surface area (Å²) >= 11 is 10.9. The molecule has 3 amide bonds. The first-order chi connectivity index (χ1) is 12.4. The second-order valence-electron chi connectivity index (χ2n) is 5.05. The summed E-state index contributed by atoms with van der Waals surface area (Å²) in [5.74, 6) is 1.47. The maximum atomic E-state index is 11.7. The lowest BCUT2D eigenvalue weighted by Gasteiger charge is -2.04. The third kappa shape index (κ3) is 7.62. The van der Waals surface area contributed by atoms with E-state index in [0.717, 1.165) is 10.4 Å². The number of nitrogens with zero attached hydrogens (tertiary/aromatic N) is 3. The van der Waals surface area contributed by atoms with Crippen LogP contribution in [-0.2, 0) is 0 Å². The standard InChI is InChI=1S/C10H15Cl2N5O2.C4H7N3/c1-7-6-8(15-9(18)13-4-2-11)16-17(7)10(19)14-5-3-12;1-3-2-4(5)7-6-3/h6H,2-5H2,1H3,(H,14,19)(H2,13,15,16,18);2H,1H3,(H3,5,6,7). The fourth-order valence-electron chi connectivity index (χ4n) is 1.73. The van der Waals surface area contributed by atoms with Crippen LogP contribution in [0.4, 0.5) is 21.2 Å². The van der Waals surface area contributed by atoms with Crippen molar-refractivity contribution >= 4 is 46.9 Å². The number of hydrogen-bond donors (Lipinski definition) is 5. The molecule has 0 aromatic carbocycles. The molecule has 2 aromatic rings. The van der Waals surface area contributed by atoms with Crippen molar-refractivity contribution in [2.45, 2.75) is 13.8 Å². The highest BCUT2D eigenvalue weighted by molar-refractivity contribution is 6.18. The Kier molecular flexibility index (Phi) is 9.31. The van der Waals surface area contributed by atoms with Gasteiger partial charge in [-0.3, -0.25) is 10.4 Å². The summed E-state index contributed by atoms with van der Waals surface area (Å²) in [7, 11) is 0. The summed E-state index contributed by atoms with van der Waals surface area (Å²) in [6, 6.07) is 2.54. The number of aryl methyl sites for hydroxylation is 2. The van der Waals surface area contributed by atoms with E-state index in [9.17, 15) is 9.59 Å². The summed E-state index contributed by atoms with van der Waals surface area (Å²) < 4.78 is 1.16. The summed E-state index contributed by atoms with van der Waals surface area (Å²) in [4.78, 5) is 23.1. The second-order valence-corrected chi connectivity index (χ2v) is 5.81. The molecule has 2 aromatic heterocycles. The topological polar surface area (TPSA) is 143 Å². The molecule has 0 unspecified atom stereocenters. The lowest BCUT2D eigenvalue weighted by molar-refractivity contribution is 0.239. The second kappa shape index (κ2) is 11.2. The van der Waals surface area contributed by atoms with Crippen LogP contribution >= 0.6 is 23.2 Å². The van der Waals surface area contributed by atoms with Gasteiger partial charge in [0.2, 0.25) is 0 Å². The normalized spacial score (nSPS) is 9.85. The maximum absolute atomic E-state index is 11.7. The number of nitrogen functional groups attached to an aromatic ring is 1. The van der Waals surface area contributed by atoms with Crippen LogP contribution in [0.15, 0.2) is 12.1 Å². The Balaban J connectivity index is 0.000000401. The average Bonchev–Trinajstić information content (AvgIpc) is 3.15. The molecule has 0 saturated carbocycles. The zero-order valence-electron chi connectivity index (χ0n) is 14.5. The van der Waals surface area contributed by atoms with E-state index in [4.69, 9.17) is 28.9 Å². The van der Waals surface area contributed by atoms with Crippen LogP contribution in [0.3, 0.4) is 0 Å². The molecule has 0 atom stereocenters. The van der Waals surface area contributed by atoms with Gasteiger partial charge in [0.05, 0.1) is 0 Å². The van der Waals surface area contributed by atoms with E-state index in [2.05, 4.69) is 31.2 Å². The number of aromatic nitrogens is 4. The third-order valence-corrected chi connectivity index (χ3v) is 3.18.